The van der Waals surface area contributed by atoms with E-state index in [2.05, 4.69) is 19.8 Å². The second-order valence-electron chi connectivity index (χ2n) is 8.87. The van der Waals surface area contributed by atoms with Gasteiger partial charge < -0.3 is 19.7 Å². The zero-order valence-corrected chi connectivity index (χ0v) is 21.2. The smallest absolute Gasteiger partial charge is 0.229 e. The number of hydrogen-bond donors (Lipinski definition) is 1. The van der Waals surface area contributed by atoms with Crippen molar-refractivity contribution in [2.24, 2.45) is 0 Å². The number of rotatable bonds is 9. The summed E-state index contributed by atoms with van der Waals surface area (Å²) in [4.78, 5) is 17.0. The molecule has 188 valence electrons. The summed E-state index contributed by atoms with van der Waals surface area (Å²) in [6.45, 7) is 2.86. The average Bonchev–Trinajstić information content (AvgIpc) is 3.22. The van der Waals surface area contributed by atoms with E-state index in [4.69, 9.17) is 19.4 Å². The third-order valence-corrected chi connectivity index (χ3v) is 6.84. The van der Waals surface area contributed by atoms with Gasteiger partial charge in [-0.3, -0.25) is 4.57 Å². The van der Waals surface area contributed by atoms with Gasteiger partial charge in [-0.1, -0.05) is 17.8 Å². The number of nitrogens with zero attached hydrogens (tertiary/aromatic N) is 5. The highest BCUT2D eigenvalue weighted by atomic mass is 32.2. The minimum absolute atomic E-state index is 0.196. The summed E-state index contributed by atoms with van der Waals surface area (Å²) in [6, 6.07) is 14.5. The van der Waals surface area contributed by atoms with Gasteiger partial charge in [-0.15, -0.1) is 0 Å². The molecule has 1 N–H and O–H groups in total. The Balaban J connectivity index is 1.40. The lowest BCUT2D eigenvalue weighted by Gasteiger charge is -2.25. The summed E-state index contributed by atoms with van der Waals surface area (Å²) in [7, 11) is 4.04. The Hall–Kier alpha value is -3.21. The van der Waals surface area contributed by atoms with Crippen LogP contribution in [0.5, 0.6) is 5.75 Å². The fraction of sp³-hybridized carbons (Fsp3) is 0.346. The van der Waals surface area contributed by atoms with Crippen molar-refractivity contribution in [2.45, 2.75) is 28.9 Å². The highest BCUT2D eigenvalue weighted by Gasteiger charge is 2.24. The molecule has 0 aliphatic carbocycles. The molecule has 8 nitrogen and oxygen atoms in total. The van der Waals surface area contributed by atoms with Gasteiger partial charge >= 0.3 is 0 Å². The zero-order chi connectivity index (χ0) is 24.9. The van der Waals surface area contributed by atoms with Crippen molar-refractivity contribution in [1.82, 2.24) is 24.4 Å². The first-order valence-electron chi connectivity index (χ1n) is 12.0. The van der Waals surface area contributed by atoms with E-state index in [1.807, 2.05) is 44.4 Å². The van der Waals surface area contributed by atoms with E-state index in [9.17, 15) is 4.39 Å². The molecule has 0 atom stereocenters. The number of hydrogen-bond acceptors (Lipinski definition) is 8. The molecule has 2 aromatic carbocycles. The van der Waals surface area contributed by atoms with Crippen LogP contribution in [0, 0.1) is 5.82 Å². The standard InChI is InChI=1S/C26H29FN6O2S/c1-32(2)12-15-35-21-8-6-19(7-9-21)29-25-28-17-23-24(31-25)33(20-10-13-34-14-11-20)26(30-23)36-22-5-3-4-18(27)16-22/h3-9,16-17,20H,10-15H2,1-2H3,(H,28,29,31). The van der Waals surface area contributed by atoms with Crippen LogP contribution in [0.3, 0.4) is 0 Å². The Morgan fingerprint density at radius 2 is 1.94 bits per heavy atom. The van der Waals surface area contributed by atoms with Gasteiger partial charge in [-0.05, 0) is 69.4 Å². The molecule has 0 spiro atoms. The summed E-state index contributed by atoms with van der Waals surface area (Å²) in [5.41, 5.74) is 2.32. The van der Waals surface area contributed by atoms with Crippen molar-refractivity contribution in [3.05, 3.63) is 60.5 Å². The van der Waals surface area contributed by atoms with Crippen LogP contribution in [0.2, 0.25) is 0 Å². The van der Waals surface area contributed by atoms with E-state index in [0.717, 1.165) is 46.5 Å². The summed E-state index contributed by atoms with van der Waals surface area (Å²) >= 11 is 1.43. The van der Waals surface area contributed by atoms with Crippen LogP contribution in [-0.2, 0) is 4.74 Å². The molecule has 2 aromatic heterocycles. The quantitative estimate of drug-likeness (QED) is 0.333. The van der Waals surface area contributed by atoms with E-state index in [0.29, 0.717) is 31.3 Å². The number of aromatic nitrogens is 4. The van der Waals surface area contributed by atoms with Gasteiger partial charge in [-0.25, -0.2) is 14.4 Å². The predicted octanol–water partition coefficient (Wildman–Crippen LogP) is 5.15. The fourth-order valence-electron chi connectivity index (χ4n) is 4.02. The Bertz CT molecular complexity index is 1310. The molecule has 10 heteroatoms. The van der Waals surface area contributed by atoms with Crippen molar-refractivity contribution in [2.75, 3.05) is 45.8 Å². The van der Waals surface area contributed by atoms with Gasteiger partial charge in [0.25, 0.3) is 0 Å². The number of likely N-dealkylation sites (N-methyl/N-ethyl adjacent to an activating group) is 1. The SMILES string of the molecule is CN(C)CCOc1ccc(Nc2ncc3nc(Sc4cccc(F)c4)n(C4CCOCC4)c3n2)cc1. The number of halogens is 1. The van der Waals surface area contributed by atoms with Crippen molar-refractivity contribution < 1.29 is 13.9 Å². The Morgan fingerprint density at radius 3 is 2.69 bits per heavy atom. The molecule has 0 bridgehead atoms. The van der Waals surface area contributed by atoms with Gasteiger partial charge in [0.1, 0.15) is 23.7 Å². The first-order chi connectivity index (χ1) is 17.5. The predicted molar refractivity (Wildman–Crippen MR) is 139 cm³/mol. The van der Waals surface area contributed by atoms with Gasteiger partial charge in [-0.2, -0.15) is 4.98 Å². The van der Waals surface area contributed by atoms with Crippen molar-refractivity contribution in [1.29, 1.82) is 0 Å². The molecule has 0 saturated carbocycles. The van der Waals surface area contributed by atoms with Crippen molar-refractivity contribution in [3.63, 3.8) is 0 Å². The molecule has 1 aliphatic rings. The molecule has 0 amide bonds. The lowest BCUT2D eigenvalue weighted by Crippen LogP contribution is -2.20. The highest BCUT2D eigenvalue weighted by molar-refractivity contribution is 7.99. The molecule has 3 heterocycles. The van der Waals surface area contributed by atoms with Crippen LogP contribution >= 0.6 is 11.8 Å². The van der Waals surface area contributed by atoms with Crippen LogP contribution in [0.1, 0.15) is 18.9 Å². The topological polar surface area (TPSA) is 77.3 Å². The normalized spacial score (nSPS) is 14.4. The number of anilines is 2. The van der Waals surface area contributed by atoms with Gasteiger partial charge in [0.05, 0.1) is 6.20 Å². The fourth-order valence-corrected chi connectivity index (χ4v) is 5.03. The minimum Gasteiger partial charge on any atom is -0.492 e. The molecule has 1 aliphatic heterocycles. The number of imidazole rings is 1. The Morgan fingerprint density at radius 1 is 1.14 bits per heavy atom. The van der Waals surface area contributed by atoms with Gasteiger partial charge in [0.15, 0.2) is 10.8 Å². The van der Waals surface area contributed by atoms with E-state index >= 15 is 0 Å². The maximum Gasteiger partial charge on any atom is 0.229 e. The second-order valence-corrected chi connectivity index (χ2v) is 9.91. The van der Waals surface area contributed by atoms with E-state index < -0.39 is 0 Å². The number of fused-ring (bicyclic) bond motifs is 1. The Kier molecular flexibility index (Phi) is 7.64. The van der Waals surface area contributed by atoms with Crippen molar-refractivity contribution >= 4 is 34.6 Å². The molecule has 5 rings (SSSR count). The summed E-state index contributed by atoms with van der Waals surface area (Å²) < 4.78 is 27.3. The van der Waals surface area contributed by atoms with E-state index in [1.54, 1.807) is 12.3 Å². The second kappa shape index (κ2) is 11.2. The van der Waals surface area contributed by atoms with E-state index in [1.165, 1.54) is 23.9 Å². The van der Waals surface area contributed by atoms with Crippen LogP contribution < -0.4 is 10.1 Å². The molecule has 1 fully saturated rings. The lowest BCUT2D eigenvalue weighted by atomic mass is 10.1. The van der Waals surface area contributed by atoms with Crippen LogP contribution in [0.4, 0.5) is 16.0 Å². The molecular formula is C26H29FN6O2S. The molecule has 36 heavy (non-hydrogen) atoms. The molecule has 0 unspecified atom stereocenters. The maximum absolute atomic E-state index is 13.8. The Labute approximate surface area is 213 Å². The summed E-state index contributed by atoms with van der Waals surface area (Å²) in [5, 5.41) is 4.06. The first-order valence-corrected chi connectivity index (χ1v) is 12.8. The highest BCUT2D eigenvalue weighted by Crippen LogP contribution is 2.35. The molecule has 4 aromatic rings. The monoisotopic (exact) mass is 508 g/mol. The lowest BCUT2D eigenvalue weighted by molar-refractivity contribution is 0.0683. The third-order valence-electron chi connectivity index (χ3n) is 5.88. The van der Waals surface area contributed by atoms with Crippen LogP contribution in [-0.4, -0.2) is 64.9 Å². The van der Waals surface area contributed by atoms with Crippen LogP contribution in [0.25, 0.3) is 11.2 Å². The minimum atomic E-state index is -0.269. The van der Waals surface area contributed by atoms with Gasteiger partial charge in [0.2, 0.25) is 5.95 Å². The largest absolute Gasteiger partial charge is 0.492 e. The zero-order valence-electron chi connectivity index (χ0n) is 20.4. The number of nitrogens with one attached hydrogen (secondary N) is 1. The maximum atomic E-state index is 13.8. The van der Waals surface area contributed by atoms with E-state index in [-0.39, 0.29) is 11.9 Å². The molecule has 1 saturated heterocycles. The van der Waals surface area contributed by atoms with Crippen molar-refractivity contribution in [3.8, 4) is 5.75 Å². The van der Waals surface area contributed by atoms with Gasteiger partial charge in [0, 0.05) is 36.4 Å². The molecule has 0 radical (unpaired) electrons. The van der Waals surface area contributed by atoms with Crippen LogP contribution in [0.15, 0.2) is 64.8 Å². The average molecular weight is 509 g/mol. The number of benzene rings is 2. The summed E-state index contributed by atoms with van der Waals surface area (Å²) in [5.74, 6) is 1.03. The first kappa shape index (κ1) is 24.5. The summed E-state index contributed by atoms with van der Waals surface area (Å²) in [6.07, 6.45) is 3.46. The number of ether oxygens (including phenoxy) is 2. The molecular weight excluding hydrogens is 479 g/mol. The third kappa shape index (κ3) is 5.95.